The molecule has 0 radical (unpaired) electrons. The van der Waals surface area contributed by atoms with Crippen molar-refractivity contribution in [1.29, 1.82) is 0 Å². The maximum atomic E-state index is 11.1. The van der Waals surface area contributed by atoms with Crippen molar-refractivity contribution >= 4 is 28.1 Å². The fourth-order valence-corrected chi connectivity index (χ4v) is 2.72. The van der Waals surface area contributed by atoms with Crippen molar-refractivity contribution in [2.24, 2.45) is 0 Å². The van der Waals surface area contributed by atoms with Gasteiger partial charge in [0.15, 0.2) is 0 Å². The summed E-state index contributed by atoms with van der Waals surface area (Å²) in [5.41, 5.74) is 0. The fraction of sp³-hybridized carbons (Fsp3) is 0.375. The Bertz CT molecular complexity index is 330. The van der Waals surface area contributed by atoms with E-state index in [2.05, 4.69) is 0 Å². The molecular formula is C8H10O3S2. The second-order valence-electron chi connectivity index (χ2n) is 2.44. The van der Waals surface area contributed by atoms with Gasteiger partial charge in [-0.1, -0.05) is 6.92 Å². The highest BCUT2D eigenvalue weighted by atomic mass is 32.2. The van der Waals surface area contributed by atoms with Crippen LogP contribution in [0.1, 0.15) is 21.5 Å². The molecule has 1 N–H and O–H groups in total. The third-order valence-corrected chi connectivity index (χ3v) is 4.03. The molecular weight excluding hydrogens is 208 g/mol. The normalized spacial score (nSPS) is 12.7. The number of carbonyl (C=O) groups is 1. The van der Waals surface area contributed by atoms with Gasteiger partial charge in [-0.05, 0) is 12.1 Å². The Balaban J connectivity index is 2.69. The van der Waals surface area contributed by atoms with Crippen LogP contribution in [0.2, 0.25) is 0 Å². The highest BCUT2D eigenvalue weighted by molar-refractivity contribution is 7.84. The van der Waals surface area contributed by atoms with Crippen molar-refractivity contribution in [2.45, 2.75) is 12.7 Å². The van der Waals surface area contributed by atoms with Gasteiger partial charge in [0.2, 0.25) is 0 Å². The average Bonchev–Trinajstić information content (AvgIpc) is 2.52. The van der Waals surface area contributed by atoms with Gasteiger partial charge < -0.3 is 5.11 Å². The highest BCUT2D eigenvalue weighted by Gasteiger charge is 2.08. The molecule has 0 fully saturated rings. The monoisotopic (exact) mass is 218 g/mol. The molecule has 5 heteroatoms. The summed E-state index contributed by atoms with van der Waals surface area (Å²) in [6, 6.07) is 3.27. The van der Waals surface area contributed by atoms with Gasteiger partial charge in [-0.3, -0.25) is 4.21 Å². The Labute approximate surface area is 82.9 Å². The molecule has 0 aliphatic rings. The van der Waals surface area contributed by atoms with Crippen molar-refractivity contribution in [3.05, 3.63) is 21.9 Å². The summed E-state index contributed by atoms with van der Waals surface area (Å²) in [7, 11) is -0.860. The topological polar surface area (TPSA) is 54.4 Å². The van der Waals surface area contributed by atoms with Gasteiger partial charge in [-0.25, -0.2) is 4.79 Å². The van der Waals surface area contributed by atoms with E-state index in [1.807, 2.05) is 6.92 Å². The first-order chi connectivity index (χ1) is 6.13. The number of hydrogen-bond acceptors (Lipinski definition) is 3. The number of carboxylic acid groups (broad SMARTS) is 1. The van der Waals surface area contributed by atoms with Crippen molar-refractivity contribution in [3.8, 4) is 0 Å². The van der Waals surface area contributed by atoms with Gasteiger partial charge in [0.25, 0.3) is 0 Å². The highest BCUT2D eigenvalue weighted by Crippen LogP contribution is 2.17. The summed E-state index contributed by atoms with van der Waals surface area (Å²) in [5, 5.41) is 8.62. The quantitative estimate of drug-likeness (QED) is 0.837. The largest absolute Gasteiger partial charge is 0.477 e. The minimum Gasteiger partial charge on any atom is -0.477 e. The van der Waals surface area contributed by atoms with E-state index >= 15 is 0 Å². The lowest BCUT2D eigenvalue weighted by Crippen LogP contribution is -1.95. The Hall–Kier alpha value is -0.680. The van der Waals surface area contributed by atoms with E-state index in [0.717, 1.165) is 4.88 Å². The minimum absolute atomic E-state index is 0.308. The summed E-state index contributed by atoms with van der Waals surface area (Å²) in [6.45, 7) is 1.85. The predicted molar refractivity (Wildman–Crippen MR) is 53.7 cm³/mol. The van der Waals surface area contributed by atoms with Crippen LogP contribution >= 0.6 is 11.3 Å². The van der Waals surface area contributed by atoms with E-state index in [1.165, 1.54) is 11.3 Å². The molecule has 0 saturated carbocycles. The average molecular weight is 218 g/mol. The molecule has 1 aromatic heterocycles. The van der Waals surface area contributed by atoms with Crippen molar-refractivity contribution in [3.63, 3.8) is 0 Å². The summed E-state index contributed by atoms with van der Waals surface area (Å²) < 4.78 is 11.1. The molecule has 1 atom stereocenters. The zero-order valence-electron chi connectivity index (χ0n) is 7.15. The van der Waals surface area contributed by atoms with Crippen LogP contribution in [-0.4, -0.2) is 21.0 Å². The van der Waals surface area contributed by atoms with E-state index in [4.69, 9.17) is 5.11 Å². The van der Waals surface area contributed by atoms with E-state index in [9.17, 15) is 9.00 Å². The lowest BCUT2D eigenvalue weighted by Gasteiger charge is -1.93. The van der Waals surface area contributed by atoms with Crippen LogP contribution in [0.25, 0.3) is 0 Å². The van der Waals surface area contributed by atoms with Crippen molar-refractivity contribution < 1.29 is 14.1 Å². The first-order valence-corrected chi connectivity index (χ1v) is 6.11. The summed E-state index contributed by atoms with van der Waals surface area (Å²) >= 11 is 1.19. The number of carboxylic acids is 1. The molecule has 3 nitrogen and oxygen atoms in total. The summed E-state index contributed by atoms with van der Waals surface area (Å²) in [5.74, 6) is 0.160. The van der Waals surface area contributed by atoms with Crippen LogP contribution in [0, 0.1) is 0 Å². The molecule has 0 aromatic carbocycles. The van der Waals surface area contributed by atoms with Crippen LogP contribution in [0.15, 0.2) is 12.1 Å². The third kappa shape index (κ3) is 2.93. The molecule has 0 saturated heterocycles. The van der Waals surface area contributed by atoms with Crippen LogP contribution in [0.3, 0.4) is 0 Å². The fourth-order valence-electron chi connectivity index (χ4n) is 0.831. The number of hydrogen-bond donors (Lipinski definition) is 1. The zero-order valence-corrected chi connectivity index (χ0v) is 8.78. The maximum absolute atomic E-state index is 11.1. The second kappa shape index (κ2) is 4.53. The molecule has 0 amide bonds. The molecule has 0 aliphatic heterocycles. The lowest BCUT2D eigenvalue weighted by atomic mass is 10.4. The summed E-state index contributed by atoms with van der Waals surface area (Å²) in [4.78, 5) is 11.7. The molecule has 13 heavy (non-hydrogen) atoms. The van der Waals surface area contributed by atoms with Crippen LogP contribution < -0.4 is 0 Å². The lowest BCUT2D eigenvalue weighted by molar-refractivity contribution is 0.0702. The molecule has 0 bridgehead atoms. The molecule has 1 rings (SSSR count). The predicted octanol–water partition coefficient (Wildman–Crippen LogP) is 1.71. The van der Waals surface area contributed by atoms with Gasteiger partial charge in [0.05, 0.1) is 5.75 Å². The molecule has 72 valence electrons. The van der Waals surface area contributed by atoms with E-state index in [-0.39, 0.29) is 0 Å². The molecule has 1 unspecified atom stereocenters. The Morgan fingerprint density at radius 1 is 1.62 bits per heavy atom. The number of rotatable bonds is 4. The third-order valence-electron chi connectivity index (χ3n) is 1.50. The molecule has 1 heterocycles. The van der Waals surface area contributed by atoms with Gasteiger partial charge >= 0.3 is 5.97 Å². The van der Waals surface area contributed by atoms with Crippen LogP contribution in [0.5, 0.6) is 0 Å². The van der Waals surface area contributed by atoms with Crippen LogP contribution in [-0.2, 0) is 16.6 Å². The summed E-state index contributed by atoms with van der Waals surface area (Å²) in [6.07, 6.45) is 0. The smallest absolute Gasteiger partial charge is 0.345 e. The maximum Gasteiger partial charge on any atom is 0.345 e. The second-order valence-corrected chi connectivity index (χ2v) is 5.36. The number of aromatic carboxylic acids is 1. The van der Waals surface area contributed by atoms with Crippen molar-refractivity contribution in [1.82, 2.24) is 0 Å². The SMILES string of the molecule is CCS(=O)Cc1ccc(C(=O)O)s1. The van der Waals surface area contributed by atoms with Gasteiger partial charge in [-0.15, -0.1) is 11.3 Å². The Morgan fingerprint density at radius 3 is 2.77 bits per heavy atom. The minimum atomic E-state index is -0.918. The van der Waals surface area contributed by atoms with E-state index in [1.54, 1.807) is 12.1 Å². The van der Waals surface area contributed by atoms with Crippen LogP contribution in [0.4, 0.5) is 0 Å². The van der Waals surface area contributed by atoms with E-state index < -0.39 is 16.8 Å². The Morgan fingerprint density at radius 2 is 2.31 bits per heavy atom. The molecule has 0 spiro atoms. The van der Waals surface area contributed by atoms with E-state index in [0.29, 0.717) is 16.4 Å². The zero-order chi connectivity index (χ0) is 9.84. The van der Waals surface area contributed by atoms with Gasteiger partial charge in [0, 0.05) is 21.4 Å². The molecule has 0 aliphatic carbocycles. The first kappa shape index (κ1) is 10.4. The standard InChI is InChI=1S/C8H10O3S2/c1-2-13(11)5-6-3-4-7(12-6)8(9)10/h3-4H,2,5H2,1H3,(H,9,10). The first-order valence-electron chi connectivity index (χ1n) is 3.80. The van der Waals surface area contributed by atoms with Gasteiger partial charge in [0.1, 0.15) is 4.88 Å². The van der Waals surface area contributed by atoms with Crippen molar-refractivity contribution in [2.75, 3.05) is 5.75 Å². The number of thiophene rings is 1. The van der Waals surface area contributed by atoms with Gasteiger partial charge in [-0.2, -0.15) is 0 Å². The Kier molecular flexibility index (Phi) is 3.62. The molecule has 1 aromatic rings.